The summed E-state index contributed by atoms with van der Waals surface area (Å²) in [6, 6.07) is 4.08. The van der Waals surface area contributed by atoms with Crippen LogP contribution in [-0.2, 0) is 15.6 Å². The number of benzene rings is 1. The highest BCUT2D eigenvalue weighted by Gasteiger charge is 2.22. The first-order valence-corrected chi connectivity index (χ1v) is 6.82. The standard InChI is InChI=1S/C10H13ClFNO2S/c1-7(5-13)16(14,15)6-8-9(11)3-2-4-10(8)12/h2-4,7H,5-6,13H2,1H3. The lowest BCUT2D eigenvalue weighted by molar-refractivity contribution is 0.577. The van der Waals surface area contributed by atoms with Crippen LogP contribution in [0.5, 0.6) is 0 Å². The largest absolute Gasteiger partial charge is 0.329 e. The molecule has 1 unspecified atom stereocenters. The molecular formula is C10H13ClFNO2S. The third-order valence-corrected chi connectivity index (χ3v) is 4.82. The van der Waals surface area contributed by atoms with Crippen LogP contribution in [0.1, 0.15) is 12.5 Å². The van der Waals surface area contributed by atoms with Gasteiger partial charge in [-0.1, -0.05) is 17.7 Å². The number of hydrogen-bond acceptors (Lipinski definition) is 3. The molecule has 0 amide bonds. The first-order chi connectivity index (χ1) is 7.38. The van der Waals surface area contributed by atoms with Crippen LogP contribution in [0.2, 0.25) is 5.02 Å². The van der Waals surface area contributed by atoms with Gasteiger partial charge in [-0.25, -0.2) is 12.8 Å². The van der Waals surface area contributed by atoms with Crippen LogP contribution in [-0.4, -0.2) is 20.2 Å². The van der Waals surface area contributed by atoms with E-state index in [9.17, 15) is 12.8 Å². The van der Waals surface area contributed by atoms with E-state index in [0.717, 1.165) is 0 Å². The minimum atomic E-state index is -3.46. The van der Waals surface area contributed by atoms with Gasteiger partial charge in [-0.15, -0.1) is 0 Å². The topological polar surface area (TPSA) is 60.2 Å². The Balaban J connectivity index is 3.06. The normalized spacial score (nSPS) is 13.8. The van der Waals surface area contributed by atoms with Crippen molar-refractivity contribution in [3.8, 4) is 0 Å². The quantitative estimate of drug-likeness (QED) is 0.902. The van der Waals surface area contributed by atoms with Crippen LogP contribution in [0.4, 0.5) is 4.39 Å². The Hall–Kier alpha value is -0.650. The van der Waals surface area contributed by atoms with E-state index in [1.807, 2.05) is 0 Å². The van der Waals surface area contributed by atoms with Crippen molar-refractivity contribution < 1.29 is 12.8 Å². The molecule has 1 aromatic rings. The van der Waals surface area contributed by atoms with Gasteiger partial charge in [0.1, 0.15) is 5.82 Å². The van der Waals surface area contributed by atoms with Crippen molar-refractivity contribution in [1.82, 2.24) is 0 Å². The fourth-order valence-corrected chi connectivity index (χ4v) is 2.74. The average molecular weight is 266 g/mol. The molecule has 1 aromatic carbocycles. The molecule has 0 spiro atoms. The van der Waals surface area contributed by atoms with Crippen LogP contribution in [0.15, 0.2) is 18.2 Å². The van der Waals surface area contributed by atoms with Gasteiger partial charge in [0.05, 0.1) is 11.0 Å². The van der Waals surface area contributed by atoms with E-state index < -0.39 is 26.7 Å². The Morgan fingerprint density at radius 3 is 2.62 bits per heavy atom. The fraction of sp³-hybridized carbons (Fsp3) is 0.400. The molecule has 0 aliphatic rings. The van der Waals surface area contributed by atoms with E-state index in [1.54, 1.807) is 0 Å². The van der Waals surface area contributed by atoms with Crippen LogP contribution >= 0.6 is 11.6 Å². The van der Waals surface area contributed by atoms with Crippen LogP contribution in [0.25, 0.3) is 0 Å². The van der Waals surface area contributed by atoms with Gasteiger partial charge in [-0.3, -0.25) is 0 Å². The second kappa shape index (κ2) is 5.12. The molecule has 16 heavy (non-hydrogen) atoms. The summed E-state index contributed by atoms with van der Waals surface area (Å²) < 4.78 is 36.8. The second-order valence-corrected chi connectivity index (χ2v) is 6.38. The van der Waals surface area contributed by atoms with E-state index in [4.69, 9.17) is 17.3 Å². The average Bonchev–Trinajstić information content (AvgIpc) is 2.22. The number of sulfone groups is 1. The summed E-state index contributed by atoms with van der Waals surface area (Å²) in [7, 11) is -3.46. The summed E-state index contributed by atoms with van der Waals surface area (Å²) in [6.07, 6.45) is 0. The van der Waals surface area contributed by atoms with Crippen molar-refractivity contribution in [1.29, 1.82) is 0 Å². The molecular weight excluding hydrogens is 253 g/mol. The Morgan fingerprint density at radius 1 is 1.50 bits per heavy atom. The maximum absolute atomic E-state index is 13.4. The van der Waals surface area contributed by atoms with E-state index in [1.165, 1.54) is 25.1 Å². The van der Waals surface area contributed by atoms with Gasteiger partial charge < -0.3 is 5.73 Å². The predicted octanol–water partition coefficient (Wildman–Crippen LogP) is 1.74. The zero-order chi connectivity index (χ0) is 12.3. The highest BCUT2D eigenvalue weighted by Crippen LogP contribution is 2.22. The molecule has 0 aromatic heterocycles. The van der Waals surface area contributed by atoms with Crippen molar-refractivity contribution in [2.24, 2.45) is 5.73 Å². The van der Waals surface area contributed by atoms with Gasteiger partial charge in [0.25, 0.3) is 0 Å². The van der Waals surface area contributed by atoms with E-state index in [0.29, 0.717) is 0 Å². The van der Waals surface area contributed by atoms with Gasteiger partial charge >= 0.3 is 0 Å². The molecule has 0 aliphatic heterocycles. The summed E-state index contributed by atoms with van der Waals surface area (Å²) in [4.78, 5) is 0. The maximum Gasteiger partial charge on any atom is 0.158 e. The minimum Gasteiger partial charge on any atom is -0.329 e. The van der Waals surface area contributed by atoms with E-state index in [2.05, 4.69) is 0 Å². The molecule has 90 valence electrons. The lowest BCUT2D eigenvalue weighted by atomic mass is 10.2. The monoisotopic (exact) mass is 265 g/mol. The Bertz CT molecular complexity index is 455. The molecule has 0 fully saturated rings. The SMILES string of the molecule is CC(CN)S(=O)(=O)Cc1c(F)cccc1Cl. The lowest BCUT2D eigenvalue weighted by Gasteiger charge is -2.11. The molecule has 0 aliphatic carbocycles. The first kappa shape index (κ1) is 13.4. The third-order valence-electron chi connectivity index (χ3n) is 2.35. The summed E-state index contributed by atoms with van der Waals surface area (Å²) in [5, 5.41) is -0.587. The predicted molar refractivity (Wildman–Crippen MR) is 62.6 cm³/mol. The highest BCUT2D eigenvalue weighted by molar-refractivity contribution is 7.91. The van der Waals surface area contributed by atoms with E-state index in [-0.39, 0.29) is 17.1 Å². The summed E-state index contributed by atoms with van der Waals surface area (Å²) in [6.45, 7) is 1.50. The smallest absolute Gasteiger partial charge is 0.158 e. The Kier molecular flexibility index (Phi) is 4.29. The number of nitrogens with two attached hydrogens (primary N) is 1. The molecule has 0 bridgehead atoms. The number of halogens is 2. The van der Waals surface area contributed by atoms with Gasteiger partial charge in [-0.05, 0) is 19.1 Å². The highest BCUT2D eigenvalue weighted by atomic mass is 35.5. The molecule has 2 N–H and O–H groups in total. The van der Waals surface area contributed by atoms with Crippen molar-refractivity contribution in [3.05, 3.63) is 34.6 Å². The first-order valence-electron chi connectivity index (χ1n) is 4.73. The van der Waals surface area contributed by atoms with Crippen LogP contribution in [0, 0.1) is 5.82 Å². The number of rotatable bonds is 4. The zero-order valence-corrected chi connectivity index (χ0v) is 10.4. The molecule has 1 atom stereocenters. The molecule has 0 saturated heterocycles. The van der Waals surface area contributed by atoms with Crippen molar-refractivity contribution in [2.75, 3.05) is 6.54 Å². The summed E-state index contributed by atoms with van der Waals surface area (Å²) >= 11 is 5.75. The van der Waals surface area contributed by atoms with E-state index >= 15 is 0 Å². The Morgan fingerprint density at radius 2 is 2.12 bits per heavy atom. The van der Waals surface area contributed by atoms with Crippen LogP contribution in [0.3, 0.4) is 0 Å². The zero-order valence-electron chi connectivity index (χ0n) is 8.78. The van der Waals surface area contributed by atoms with Crippen LogP contribution < -0.4 is 5.73 Å². The molecule has 6 heteroatoms. The molecule has 0 saturated carbocycles. The van der Waals surface area contributed by atoms with Gasteiger partial charge in [0.2, 0.25) is 0 Å². The van der Waals surface area contributed by atoms with Crippen molar-refractivity contribution in [3.63, 3.8) is 0 Å². The fourth-order valence-electron chi connectivity index (χ4n) is 1.16. The summed E-state index contributed by atoms with van der Waals surface area (Å²) in [5.74, 6) is -1.03. The van der Waals surface area contributed by atoms with Gasteiger partial charge in [0.15, 0.2) is 9.84 Å². The Labute approximate surface area is 99.3 Å². The van der Waals surface area contributed by atoms with Crippen molar-refractivity contribution >= 4 is 21.4 Å². The molecule has 1 rings (SSSR count). The third kappa shape index (κ3) is 2.93. The number of hydrogen-bond donors (Lipinski definition) is 1. The van der Waals surface area contributed by atoms with Crippen molar-refractivity contribution in [2.45, 2.75) is 17.9 Å². The summed E-state index contributed by atoms with van der Waals surface area (Å²) in [5.41, 5.74) is 5.29. The molecule has 0 radical (unpaired) electrons. The van der Waals surface area contributed by atoms with Gasteiger partial charge in [0, 0.05) is 17.1 Å². The second-order valence-electron chi connectivity index (χ2n) is 3.55. The van der Waals surface area contributed by atoms with Gasteiger partial charge in [-0.2, -0.15) is 0 Å². The maximum atomic E-state index is 13.4. The molecule has 0 heterocycles. The minimum absolute atomic E-state index is 0.00414. The lowest BCUT2D eigenvalue weighted by Crippen LogP contribution is -2.28. The molecule has 3 nitrogen and oxygen atoms in total.